The van der Waals surface area contributed by atoms with Crippen LogP contribution in [0.5, 0.6) is 11.5 Å². The van der Waals surface area contributed by atoms with Gasteiger partial charge in [0.25, 0.3) is 0 Å². The van der Waals surface area contributed by atoms with E-state index >= 15 is 0 Å². The fourth-order valence-corrected chi connectivity index (χ4v) is 4.45. The lowest BCUT2D eigenvalue weighted by atomic mass is 10.3. The smallest absolute Gasteiger partial charge is 0.237 e. The molecule has 0 atom stereocenters. The van der Waals surface area contributed by atoms with E-state index in [9.17, 15) is 9.59 Å². The molecule has 4 rings (SSSR count). The second kappa shape index (κ2) is 10.6. The van der Waals surface area contributed by atoms with Crippen LogP contribution in [0.1, 0.15) is 13.8 Å². The highest BCUT2D eigenvalue weighted by Gasteiger charge is 2.13. The number of ether oxygens (including phenoxy) is 2. The lowest BCUT2D eigenvalue weighted by Crippen LogP contribution is -2.33. The minimum atomic E-state index is -0.382. The highest BCUT2D eigenvalue weighted by atomic mass is 32.2. The van der Waals surface area contributed by atoms with Crippen LogP contribution >= 0.6 is 23.5 Å². The molecule has 0 aliphatic heterocycles. The van der Waals surface area contributed by atoms with E-state index in [1.165, 1.54) is 23.5 Å². The van der Waals surface area contributed by atoms with E-state index < -0.39 is 0 Å². The van der Waals surface area contributed by atoms with Crippen molar-refractivity contribution in [1.29, 1.82) is 0 Å². The molecule has 0 saturated carbocycles. The number of H-pyrrole nitrogens is 2. The molecule has 0 radical (unpaired) electrons. The summed E-state index contributed by atoms with van der Waals surface area (Å²) in [5, 5.41) is 3.60. The first-order valence-corrected chi connectivity index (χ1v) is 12.3. The largest absolute Gasteiger partial charge is 0.494 e. The van der Waals surface area contributed by atoms with Crippen LogP contribution in [0.25, 0.3) is 22.1 Å². The Balaban J connectivity index is 1.25. The van der Waals surface area contributed by atoms with E-state index in [1.807, 2.05) is 50.2 Å². The average molecular weight is 486 g/mol. The van der Waals surface area contributed by atoms with Gasteiger partial charge in [-0.15, -0.1) is 0 Å². The van der Waals surface area contributed by atoms with Crippen LogP contribution in [0.15, 0.2) is 46.7 Å². The Morgan fingerprint density at radius 1 is 0.818 bits per heavy atom. The molecule has 9 nitrogen and oxygen atoms in total. The number of aromatic nitrogens is 4. The summed E-state index contributed by atoms with van der Waals surface area (Å²) >= 11 is 2.46. The summed E-state index contributed by atoms with van der Waals surface area (Å²) in [5.41, 5.74) is 3.23. The molecule has 0 saturated heterocycles. The lowest BCUT2D eigenvalue weighted by molar-refractivity contribution is -0.127. The number of nitrogens with one attached hydrogen (secondary N) is 3. The van der Waals surface area contributed by atoms with E-state index in [0.717, 1.165) is 33.6 Å². The number of hydrogen-bond acceptors (Lipinski definition) is 8. The Labute approximate surface area is 198 Å². The number of rotatable bonds is 10. The molecule has 0 spiro atoms. The monoisotopic (exact) mass is 485 g/mol. The molecule has 2 amide bonds. The molecule has 0 aliphatic carbocycles. The SMILES string of the molecule is CCOc1ccc2nc(SCC(=O)NC(=O)CSc3nc4ccc(OCC)cc4[nH]3)[nH]c2c1. The number of hydrogen-bond donors (Lipinski definition) is 3. The summed E-state index contributed by atoms with van der Waals surface area (Å²) < 4.78 is 11.0. The van der Waals surface area contributed by atoms with Crippen molar-refractivity contribution in [3.05, 3.63) is 36.4 Å². The van der Waals surface area contributed by atoms with E-state index in [1.54, 1.807) is 0 Å². The third-order valence-electron chi connectivity index (χ3n) is 4.44. The molecule has 0 fully saturated rings. The first kappa shape index (κ1) is 23.0. The van der Waals surface area contributed by atoms with Gasteiger partial charge in [-0.05, 0) is 38.1 Å². The van der Waals surface area contributed by atoms with Crippen LogP contribution in [0.3, 0.4) is 0 Å². The summed E-state index contributed by atoms with van der Waals surface area (Å²) in [6, 6.07) is 11.2. The predicted molar refractivity (Wildman–Crippen MR) is 129 cm³/mol. The summed E-state index contributed by atoms with van der Waals surface area (Å²) in [6.07, 6.45) is 0. The van der Waals surface area contributed by atoms with Gasteiger partial charge in [0.2, 0.25) is 11.8 Å². The number of nitrogens with zero attached hydrogens (tertiary/aromatic N) is 2. The molecule has 2 aromatic carbocycles. The number of benzene rings is 2. The fourth-order valence-electron chi connectivity index (χ4n) is 3.08. The van der Waals surface area contributed by atoms with Gasteiger partial charge in [0, 0.05) is 12.1 Å². The standard InChI is InChI=1S/C22H23N5O4S2/c1-3-30-13-5-7-15-17(9-13)25-21(23-15)32-11-19(28)27-20(29)12-33-22-24-16-8-6-14(31-4-2)10-18(16)26-22/h5-10H,3-4,11-12H2,1-2H3,(H,23,25)(H,24,26)(H,27,28,29). The van der Waals surface area contributed by atoms with Crippen LogP contribution in [0.2, 0.25) is 0 Å². The number of imide groups is 1. The Morgan fingerprint density at radius 3 is 1.70 bits per heavy atom. The molecule has 3 N–H and O–H groups in total. The molecule has 0 unspecified atom stereocenters. The highest BCUT2D eigenvalue weighted by molar-refractivity contribution is 8.00. The van der Waals surface area contributed by atoms with Gasteiger partial charge in [0.1, 0.15) is 11.5 Å². The van der Waals surface area contributed by atoms with Crippen molar-refractivity contribution in [1.82, 2.24) is 25.3 Å². The van der Waals surface area contributed by atoms with Gasteiger partial charge in [-0.1, -0.05) is 23.5 Å². The third kappa shape index (κ3) is 5.99. The lowest BCUT2D eigenvalue weighted by Gasteiger charge is -2.02. The minimum absolute atomic E-state index is 0.0688. The molecule has 172 valence electrons. The molecule has 0 bridgehead atoms. The normalized spacial score (nSPS) is 11.1. The molecule has 33 heavy (non-hydrogen) atoms. The summed E-state index contributed by atoms with van der Waals surface area (Å²) in [4.78, 5) is 39.5. The van der Waals surface area contributed by atoms with Gasteiger partial charge in [-0.25, -0.2) is 9.97 Å². The van der Waals surface area contributed by atoms with Crippen molar-refractivity contribution < 1.29 is 19.1 Å². The number of imidazole rings is 2. The average Bonchev–Trinajstić information content (AvgIpc) is 3.39. The fraction of sp³-hybridized carbons (Fsp3) is 0.273. The Kier molecular flexibility index (Phi) is 7.40. The van der Waals surface area contributed by atoms with Gasteiger partial charge in [0.15, 0.2) is 10.3 Å². The zero-order chi connectivity index (χ0) is 23.2. The quantitative estimate of drug-likeness (QED) is 0.290. The summed E-state index contributed by atoms with van der Waals surface area (Å²) in [6.45, 7) is 5.01. The van der Waals surface area contributed by atoms with Crippen molar-refractivity contribution in [2.24, 2.45) is 0 Å². The van der Waals surface area contributed by atoms with Gasteiger partial charge in [-0.2, -0.15) is 0 Å². The number of carbonyl (C=O) groups excluding carboxylic acids is 2. The molecule has 11 heteroatoms. The van der Waals surface area contributed by atoms with Crippen molar-refractivity contribution >= 4 is 57.4 Å². The molecular weight excluding hydrogens is 462 g/mol. The maximum absolute atomic E-state index is 12.2. The van der Waals surface area contributed by atoms with Crippen LogP contribution < -0.4 is 14.8 Å². The first-order valence-electron chi connectivity index (χ1n) is 10.4. The van der Waals surface area contributed by atoms with Gasteiger partial charge in [0.05, 0.1) is 46.8 Å². The van der Waals surface area contributed by atoms with E-state index in [4.69, 9.17) is 9.47 Å². The Morgan fingerprint density at radius 2 is 1.27 bits per heavy atom. The number of aromatic amines is 2. The second-order valence-corrected chi connectivity index (χ2v) is 8.78. The predicted octanol–water partition coefficient (Wildman–Crippen LogP) is 3.76. The van der Waals surface area contributed by atoms with Gasteiger partial charge >= 0.3 is 0 Å². The molecule has 0 aliphatic rings. The minimum Gasteiger partial charge on any atom is -0.494 e. The summed E-state index contributed by atoms with van der Waals surface area (Å²) in [5.74, 6) is 0.883. The maximum Gasteiger partial charge on any atom is 0.237 e. The van der Waals surface area contributed by atoms with E-state index in [2.05, 4.69) is 25.3 Å². The summed E-state index contributed by atoms with van der Waals surface area (Å²) in [7, 11) is 0. The highest BCUT2D eigenvalue weighted by Crippen LogP contribution is 2.24. The zero-order valence-electron chi connectivity index (χ0n) is 18.1. The number of carbonyl (C=O) groups is 2. The van der Waals surface area contributed by atoms with Gasteiger partial charge < -0.3 is 19.4 Å². The van der Waals surface area contributed by atoms with Crippen LogP contribution in [-0.2, 0) is 9.59 Å². The molecule has 2 aromatic heterocycles. The maximum atomic E-state index is 12.2. The van der Waals surface area contributed by atoms with Crippen LogP contribution in [0.4, 0.5) is 0 Å². The van der Waals surface area contributed by atoms with Gasteiger partial charge in [-0.3, -0.25) is 14.9 Å². The van der Waals surface area contributed by atoms with Crippen molar-refractivity contribution in [2.45, 2.75) is 24.2 Å². The van der Waals surface area contributed by atoms with E-state index in [-0.39, 0.29) is 23.3 Å². The number of amides is 2. The van der Waals surface area contributed by atoms with Crippen molar-refractivity contribution in [3.63, 3.8) is 0 Å². The van der Waals surface area contributed by atoms with Crippen molar-refractivity contribution in [2.75, 3.05) is 24.7 Å². The third-order valence-corrected chi connectivity index (χ3v) is 6.19. The topological polar surface area (TPSA) is 122 Å². The van der Waals surface area contributed by atoms with E-state index in [0.29, 0.717) is 23.5 Å². The van der Waals surface area contributed by atoms with Crippen molar-refractivity contribution in [3.8, 4) is 11.5 Å². The second-order valence-electron chi connectivity index (χ2n) is 6.86. The molecular formula is C22H23N5O4S2. The molecule has 4 aromatic rings. The van der Waals surface area contributed by atoms with Crippen LogP contribution in [0, 0.1) is 0 Å². The number of thioether (sulfide) groups is 2. The number of fused-ring (bicyclic) bond motifs is 2. The Hall–Kier alpha value is -3.18. The Bertz CT molecular complexity index is 1190. The zero-order valence-corrected chi connectivity index (χ0v) is 19.8. The first-order chi connectivity index (χ1) is 16.0. The molecule has 2 heterocycles. The van der Waals surface area contributed by atoms with Crippen LogP contribution in [-0.4, -0.2) is 56.5 Å².